The van der Waals surface area contributed by atoms with Crippen molar-refractivity contribution >= 4 is 0 Å². The summed E-state index contributed by atoms with van der Waals surface area (Å²) in [5, 5.41) is 3.58. The lowest BCUT2D eigenvalue weighted by atomic mass is 9.91. The van der Waals surface area contributed by atoms with Gasteiger partial charge in [0.15, 0.2) is 0 Å². The molecule has 1 aromatic carbocycles. The number of hydrogen-bond acceptors (Lipinski definition) is 3. The van der Waals surface area contributed by atoms with Gasteiger partial charge in [0, 0.05) is 19.8 Å². The maximum atomic E-state index is 5.89. The molecule has 1 N–H and O–H groups in total. The second kappa shape index (κ2) is 12.5. The Kier molecular flexibility index (Phi) is 9.67. The van der Waals surface area contributed by atoms with Crippen LogP contribution in [0.15, 0.2) is 24.3 Å². The first-order valence-electron chi connectivity index (χ1n) is 11.4. The van der Waals surface area contributed by atoms with Crippen molar-refractivity contribution in [1.29, 1.82) is 0 Å². The van der Waals surface area contributed by atoms with Crippen LogP contribution < -0.4 is 5.32 Å². The number of hydrogen-bond donors (Lipinski definition) is 1. The van der Waals surface area contributed by atoms with Gasteiger partial charge in [0.25, 0.3) is 0 Å². The third kappa shape index (κ3) is 7.93. The average molecular weight is 374 g/mol. The predicted molar refractivity (Wildman–Crippen MR) is 112 cm³/mol. The van der Waals surface area contributed by atoms with Crippen LogP contribution in [0.4, 0.5) is 0 Å². The summed E-state index contributed by atoms with van der Waals surface area (Å²) in [7, 11) is 0. The standard InChI is InChI=1S/C24H39NO2/c1(3-7-21-8-4-5-15-25-19-21)2-6-16-27-20-22-9-11-23(12-10-22)24-13-17-26-18-14-24/h9-12,21,24-25H,1-8,13-20H2. The Labute approximate surface area is 166 Å². The molecule has 1 unspecified atom stereocenters. The molecule has 2 aliphatic rings. The number of ether oxygens (including phenoxy) is 2. The number of unbranched alkanes of at least 4 members (excludes halogenated alkanes) is 3. The van der Waals surface area contributed by atoms with Gasteiger partial charge in [0.2, 0.25) is 0 Å². The van der Waals surface area contributed by atoms with Gasteiger partial charge in [-0.25, -0.2) is 0 Å². The highest BCUT2D eigenvalue weighted by molar-refractivity contribution is 5.25. The summed E-state index contributed by atoms with van der Waals surface area (Å²) in [6, 6.07) is 9.06. The van der Waals surface area contributed by atoms with E-state index >= 15 is 0 Å². The first kappa shape index (κ1) is 20.8. The SMILES string of the molecule is c1cc(C2CCOCC2)ccc1COCCCCCCC1CCCCNC1. The van der Waals surface area contributed by atoms with Crippen LogP contribution >= 0.6 is 0 Å². The van der Waals surface area contributed by atoms with Gasteiger partial charge in [-0.15, -0.1) is 0 Å². The number of nitrogens with one attached hydrogen (secondary N) is 1. The van der Waals surface area contributed by atoms with Crippen LogP contribution in [0, 0.1) is 5.92 Å². The highest BCUT2D eigenvalue weighted by atomic mass is 16.5. The van der Waals surface area contributed by atoms with Gasteiger partial charge in [-0.05, 0) is 74.6 Å². The van der Waals surface area contributed by atoms with Crippen LogP contribution in [0.2, 0.25) is 0 Å². The average Bonchev–Trinajstić information content (AvgIpc) is 3.00. The largest absolute Gasteiger partial charge is 0.381 e. The molecule has 0 radical (unpaired) electrons. The highest BCUT2D eigenvalue weighted by Crippen LogP contribution is 2.27. The molecule has 0 aromatic heterocycles. The third-order valence-corrected chi connectivity index (χ3v) is 6.24. The molecule has 0 aliphatic carbocycles. The van der Waals surface area contributed by atoms with E-state index < -0.39 is 0 Å². The first-order valence-corrected chi connectivity index (χ1v) is 11.4. The van der Waals surface area contributed by atoms with Crippen LogP contribution in [-0.2, 0) is 16.1 Å². The molecule has 3 rings (SSSR count). The minimum atomic E-state index is 0.683. The summed E-state index contributed by atoms with van der Waals surface area (Å²) in [5.74, 6) is 1.61. The second-order valence-corrected chi connectivity index (χ2v) is 8.45. The van der Waals surface area contributed by atoms with Gasteiger partial charge >= 0.3 is 0 Å². The minimum Gasteiger partial charge on any atom is -0.381 e. The van der Waals surface area contributed by atoms with Crippen molar-refractivity contribution in [2.24, 2.45) is 5.92 Å². The lowest BCUT2D eigenvalue weighted by Crippen LogP contribution is -2.20. The maximum absolute atomic E-state index is 5.89. The first-order chi connectivity index (χ1) is 13.4. The van der Waals surface area contributed by atoms with Crippen molar-refractivity contribution in [3.8, 4) is 0 Å². The van der Waals surface area contributed by atoms with Crippen LogP contribution in [0.1, 0.15) is 81.3 Å². The van der Waals surface area contributed by atoms with Crippen molar-refractivity contribution in [2.45, 2.75) is 76.7 Å². The summed E-state index contributed by atoms with van der Waals surface area (Å²) in [6.45, 7) is 5.94. The van der Waals surface area contributed by atoms with Crippen LogP contribution in [-0.4, -0.2) is 32.9 Å². The van der Waals surface area contributed by atoms with Crippen molar-refractivity contribution in [2.75, 3.05) is 32.9 Å². The van der Waals surface area contributed by atoms with Gasteiger partial charge in [-0.2, -0.15) is 0 Å². The van der Waals surface area contributed by atoms with Crippen molar-refractivity contribution in [3.05, 3.63) is 35.4 Å². The fourth-order valence-corrected chi connectivity index (χ4v) is 4.44. The predicted octanol–water partition coefficient (Wildman–Crippen LogP) is 5.44. The van der Waals surface area contributed by atoms with E-state index in [0.29, 0.717) is 5.92 Å². The van der Waals surface area contributed by atoms with Gasteiger partial charge in [0.1, 0.15) is 0 Å². The fraction of sp³-hybridized carbons (Fsp3) is 0.750. The molecule has 2 fully saturated rings. The molecule has 0 saturated carbocycles. The van der Waals surface area contributed by atoms with E-state index in [2.05, 4.69) is 29.6 Å². The van der Waals surface area contributed by atoms with Crippen LogP contribution in [0.25, 0.3) is 0 Å². The summed E-state index contributed by atoms with van der Waals surface area (Å²) < 4.78 is 11.3. The molecule has 3 nitrogen and oxygen atoms in total. The topological polar surface area (TPSA) is 30.5 Å². The zero-order valence-electron chi connectivity index (χ0n) is 17.1. The Morgan fingerprint density at radius 2 is 1.74 bits per heavy atom. The highest BCUT2D eigenvalue weighted by Gasteiger charge is 2.15. The Balaban J connectivity index is 1.20. The van der Waals surface area contributed by atoms with Gasteiger partial charge in [-0.3, -0.25) is 0 Å². The Morgan fingerprint density at radius 1 is 0.926 bits per heavy atom. The molecule has 3 heteroatoms. The summed E-state index contributed by atoms with van der Waals surface area (Å²) in [6.07, 6.45) is 13.2. The van der Waals surface area contributed by atoms with E-state index in [1.807, 2.05) is 0 Å². The van der Waals surface area contributed by atoms with E-state index in [-0.39, 0.29) is 0 Å². The van der Waals surface area contributed by atoms with Crippen LogP contribution in [0.3, 0.4) is 0 Å². The molecule has 1 aromatic rings. The molecular weight excluding hydrogens is 334 g/mol. The quantitative estimate of drug-likeness (QED) is 0.554. The van der Waals surface area contributed by atoms with Gasteiger partial charge in [-0.1, -0.05) is 49.9 Å². The van der Waals surface area contributed by atoms with Crippen molar-refractivity contribution in [3.63, 3.8) is 0 Å². The van der Waals surface area contributed by atoms with Gasteiger partial charge in [0.05, 0.1) is 6.61 Å². The zero-order chi connectivity index (χ0) is 18.6. The molecule has 0 amide bonds. The summed E-state index contributed by atoms with van der Waals surface area (Å²) >= 11 is 0. The van der Waals surface area contributed by atoms with E-state index in [1.165, 1.54) is 75.6 Å². The smallest absolute Gasteiger partial charge is 0.0716 e. The minimum absolute atomic E-state index is 0.683. The third-order valence-electron chi connectivity index (χ3n) is 6.24. The van der Waals surface area contributed by atoms with Gasteiger partial charge < -0.3 is 14.8 Å². The lowest BCUT2D eigenvalue weighted by Gasteiger charge is -2.22. The van der Waals surface area contributed by atoms with E-state index in [1.54, 1.807) is 0 Å². The molecule has 1 atom stereocenters. The van der Waals surface area contributed by atoms with Crippen LogP contribution in [0.5, 0.6) is 0 Å². The summed E-state index contributed by atoms with van der Waals surface area (Å²) in [4.78, 5) is 0. The molecule has 2 aliphatic heterocycles. The molecule has 2 saturated heterocycles. The molecule has 0 bridgehead atoms. The Morgan fingerprint density at radius 3 is 2.59 bits per heavy atom. The Bertz CT molecular complexity index is 488. The Hall–Kier alpha value is -0.900. The van der Waals surface area contributed by atoms with E-state index in [4.69, 9.17) is 9.47 Å². The fourth-order valence-electron chi connectivity index (χ4n) is 4.44. The molecule has 2 heterocycles. The normalized spacial score (nSPS) is 21.9. The molecule has 27 heavy (non-hydrogen) atoms. The molecular formula is C24H39NO2. The van der Waals surface area contributed by atoms with E-state index in [9.17, 15) is 0 Å². The van der Waals surface area contributed by atoms with Crippen molar-refractivity contribution in [1.82, 2.24) is 5.32 Å². The lowest BCUT2D eigenvalue weighted by molar-refractivity contribution is 0.0853. The number of rotatable bonds is 10. The second-order valence-electron chi connectivity index (χ2n) is 8.45. The molecule has 0 spiro atoms. The molecule has 152 valence electrons. The van der Waals surface area contributed by atoms with E-state index in [0.717, 1.165) is 45.2 Å². The zero-order valence-corrected chi connectivity index (χ0v) is 17.1. The van der Waals surface area contributed by atoms with Crippen molar-refractivity contribution < 1.29 is 9.47 Å². The summed E-state index contributed by atoms with van der Waals surface area (Å²) in [5.41, 5.74) is 2.76. The monoisotopic (exact) mass is 373 g/mol. The number of benzene rings is 1. The maximum Gasteiger partial charge on any atom is 0.0716 e.